The van der Waals surface area contributed by atoms with Crippen molar-refractivity contribution in [2.45, 2.75) is 104 Å². The second kappa shape index (κ2) is 12.2. The number of amides is 1. The van der Waals surface area contributed by atoms with Crippen LogP contribution in [0.1, 0.15) is 92.4 Å². The zero-order chi connectivity index (χ0) is 18.6. The Kier molecular flexibility index (Phi) is 11.5. The van der Waals surface area contributed by atoms with Gasteiger partial charge in [-0.25, -0.2) is 4.79 Å². The van der Waals surface area contributed by atoms with Gasteiger partial charge in [-0.2, -0.15) is 0 Å². The van der Waals surface area contributed by atoms with Gasteiger partial charge in [-0.05, 0) is 33.1 Å². The Labute approximate surface area is 147 Å². The second-order valence-corrected chi connectivity index (χ2v) is 7.74. The lowest BCUT2D eigenvalue weighted by atomic mass is 9.92. The molecule has 0 heterocycles. The van der Waals surface area contributed by atoms with E-state index in [9.17, 15) is 9.59 Å². The van der Waals surface area contributed by atoms with Gasteiger partial charge in [-0.1, -0.05) is 58.8 Å². The largest absolute Gasteiger partial charge is 0.481 e. The molecule has 2 atom stereocenters. The maximum atomic E-state index is 11.9. The number of carbonyl (C=O) groups is 2. The normalized spacial score (nSPS) is 14.0. The number of carboxylic acids is 1. The summed E-state index contributed by atoms with van der Waals surface area (Å²) in [6.45, 7) is 9.59. The first-order valence-electron chi connectivity index (χ1n) is 9.37. The van der Waals surface area contributed by atoms with Crippen LogP contribution in [0.2, 0.25) is 0 Å². The summed E-state index contributed by atoms with van der Waals surface area (Å²) >= 11 is 0. The van der Waals surface area contributed by atoms with Crippen molar-refractivity contribution in [3.8, 4) is 0 Å². The van der Waals surface area contributed by atoms with Crippen LogP contribution in [0.3, 0.4) is 0 Å². The molecule has 5 nitrogen and oxygen atoms in total. The predicted molar refractivity (Wildman–Crippen MR) is 97.2 cm³/mol. The number of ether oxygens (including phenoxy) is 1. The number of rotatable bonds is 12. The fourth-order valence-electron chi connectivity index (χ4n) is 2.67. The fraction of sp³-hybridized carbons (Fsp3) is 0.895. The van der Waals surface area contributed by atoms with E-state index in [1.807, 2.05) is 6.92 Å². The van der Waals surface area contributed by atoms with E-state index in [-0.39, 0.29) is 12.3 Å². The van der Waals surface area contributed by atoms with Gasteiger partial charge in [0.25, 0.3) is 0 Å². The lowest BCUT2D eigenvalue weighted by Crippen LogP contribution is -2.43. The molecule has 0 spiro atoms. The molecule has 0 aromatic rings. The number of unbranched alkanes of at least 4 members (excludes halogenated alkanes) is 6. The van der Waals surface area contributed by atoms with Gasteiger partial charge in [-0.15, -0.1) is 0 Å². The third kappa shape index (κ3) is 13.2. The van der Waals surface area contributed by atoms with Crippen LogP contribution in [0.15, 0.2) is 0 Å². The summed E-state index contributed by atoms with van der Waals surface area (Å²) in [5.74, 6) is -0.785. The summed E-state index contributed by atoms with van der Waals surface area (Å²) in [5, 5.41) is 11.8. The molecule has 5 heteroatoms. The van der Waals surface area contributed by atoms with Crippen molar-refractivity contribution in [2.75, 3.05) is 0 Å². The predicted octanol–water partition coefficient (Wildman–Crippen LogP) is 5.13. The molecule has 1 amide bonds. The minimum atomic E-state index is -0.900. The van der Waals surface area contributed by atoms with Gasteiger partial charge in [-0.3, -0.25) is 4.79 Å². The molecule has 0 aromatic carbocycles. The summed E-state index contributed by atoms with van der Waals surface area (Å²) in [6.07, 6.45) is 8.90. The quantitative estimate of drug-likeness (QED) is 0.482. The fourth-order valence-corrected chi connectivity index (χ4v) is 2.67. The number of carboxylic acid groups (broad SMARTS) is 1. The van der Waals surface area contributed by atoms with Crippen molar-refractivity contribution in [1.29, 1.82) is 0 Å². The highest BCUT2D eigenvalue weighted by Crippen LogP contribution is 2.18. The molecule has 0 saturated heterocycles. The van der Waals surface area contributed by atoms with E-state index in [2.05, 4.69) is 12.2 Å². The maximum absolute atomic E-state index is 11.9. The van der Waals surface area contributed by atoms with Gasteiger partial charge in [0, 0.05) is 6.04 Å². The Morgan fingerprint density at radius 1 is 1.04 bits per heavy atom. The average molecular weight is 344 g/mol. The molecular weight excluding hydrogens is 306 g/mol. The number of hydrogen-bond acceptors (Lipinski definition) is 3. The Bertz CT molecular complexity index is 363. The zero-order valence-electron chi connectivity index (χ0n) is 16.2. The third-order valence-corrected chi connectivity index (χ3v) is 4.05. The molecule has 2 N–H and O–H groups in total. The van der Waals surface area contributed by atoms with Crippen LogP contribution in [-0.4, -0.2) is 28.8 Å². The van der Waals surface area contributed by atoms with Crippen molar-refractivity contribution in [3.63, 3.8) is 0 Å². The van der Waals surface area contributed by atoms with E-state index in [4.69, 9.17) is 9.84 Å². The van der Waals surface area contributed by atoms with Crippen LogP contribution in [0.5, 0.6) is 0 Å². The Morgan fingerprint density at radius 2 is 1.58 bits per heavy atom. The van der Waals surface area contributed by atoms with Crippen molar-refractivity contribution < 1.29 is 19.4 Å². The van der Waals surface area contributed by atoms with Gasteiger partial charge in [0.05, 0.1) is 6.42 Å². The van der Waals surface area contributed by atoms with Crippen LogP contribution < -0.4 is 5.32 Å². The number of aliphatic carboxylic acids is 1. The summed E-state index contributed by atoms with van der Waals surface area (Å²) in [6, 6.07) is -0.391. The van der Waals surface area contributed by atoms with Crippen molar-refractivity contribution in [2.24, 2.45) is 5.92 Å². The smallest absolute Gasteiger partial charge is 0.407 e. The number of nitrogens with one attached hydrogen (secondary N) is 1. The number of alkyl carbamates (subject to hydrolysis) is 1. The molecule has 0 bridgehead atoms. The van der Waals surface area contributed by atoms with Crippen molar-refractivity contribution >= 4 is 12.1 Å². The van der Waals surface area contributed by atoms with Crippen molar-refractivity contribution in [1.82, 2.24) is 5.32 Å². The van der Waals surface area contributed by atoms with Crippen LogP contribution in [-0.2, 0) is 9.53 Å². The summed E-state index contributed by atoms with van der Waals surface area (Å²) in [7, 11) is 0. The Balaban J connectivity index is 4.23. The number of carbonyl (C=O) groups excluding carboxylic acids is 1. The summed E-state index contributed by atoms with van der Waals surface area (Å²) in [5.41, 5.74) is -0.584. The molecule has 0 unspecified atom stereocenters. The second-order valence-electron chi connectivity index (χ2n) is 7.74. The van der Waals surface area contributed by atoms with Gasteiger partial charge < -0.3 is 15.2 Å². The molecule has 0 radical (unpaired) electrons. The Hall–Kier alpha value is -1.26. The zero-order valence-corrected chi connectivity index (χ0v) is 16.2. The first-order chi connectivity index (χ1) is 11.2. The minimum Gasteiger partial charge on any atom is -0.481 e. The SMILES string of the molecule is CCCCCCCCC[C@@H](C)[C@H](CC(=O)O)NC(=O)OC(C)(C)C. The van der Waals surface area contributed by atoms with E-state index in [0.29, 0.717) is 0 Å². The summed E-state index contributed by atoms with van der Waals surface area (Å²) < 4.78 is 5.24. The van der Waals surface area contributed by atoms with Crippen LogP contribution in [0.25, 0.3) is 0 Å². The molecule has 0 fully saturated rings. The topological polar surface area (TPSA) is 75.6 Å². The average Bonchev–Trinajstić information content (AvgIpc) is 2.42. The molecule has 0 aromatic heterocycles. The summed E-state index contributed by atoms with van der Waals surface area (Å²) in [4.78, 5) is 23.0. The lowest BCUT2D eigenvalue weighted by Gasteiger charge is -2.26. The number of hydrogen-bond donors (Lipinski definition) is 2. The Morgan fingerprint density at radius 3 is 2.08 bits per heavy atom. The molecular formula is C19H37NO4. The molecule has 0 aliphatic carbocycles. The van der Waals surface area contributed by atoms with Crippen LogP contribution >= 0.6 is 0 Å². The van der Waals surface area contributed by atoms with Crippen LogP contribution in [0, 0.1) is 5.92 Å². The van der Waals surface area contributed by atoms with Gasteiger partial charge in [0.2, 0.25) is 0 Å². The molecule has 0 saturated carbocycles. The van der Waals surface area contributed by atoms with Crippen molar-refractivity contribution in [3.05, 3.63) is 0 Å². The van der Waals surface area contributed by atoms with E-state index >= 15 is 0 Å². The van der Waals surface area contributed by atoms with Crippen LogP contribution in [0.4, 0.5) is 4.79 Å². The molecule has 24 heavy (non-hydrogen) atoms. The first kappa shape index (κ1) is 22.7. The maximum Gasteiger partial charge on any atom is 0.407 e. The van der Waals surface area contributed by atoms with Gasteiger partial charge in [0.1, 0.15) is 5.60 Å². The van der Waals surface area contributed by atoms with E-state index in [1.165, 1.54) is 38.5 Å². The highest BCUT2D eigenvalue weighted by Gasteiger charge is 2.25. The van der Waals surface area contributed by atoms with Gasteiger partial charge in [0.15, 0.2) is 0 Å². The van der Waals surface area contributed by atoms with Gasteiger partial charge >= 0.3 is 12.1 Å². The van der Waals surface area contributed by atoms with E-state index in [0.717, 1.165) is 12.8 Å². The first-order valence-corrected chi connectivity index (χ1v) is 9.37. The highest BCUT2D eigenvalue weighted by atomic mass is 16.6. The monoisotopic (exact) mass is 343 g/mol. The molecule has 0 aliphatic rings. The van der Waals surface area contributed by atoms with E-state index < -0.39 is 23.7 Å². The standard InChI is InChI=1S/C19H37NO4/c1-6-7-8-9-10-11-12-13-15(2)16(14-17(21)22)20-18(23)24-19(3,4)5/h15-16H,6-14H2,1-5H3,(H,20,23)(H,21,22)/t15-,16+/m1/s1. The molecule has 142 valence electrons. The third-order valence-electron chi connectivity index (χ3n) is 4.05. The van der Waals surface area contributed by atoms with E-state index in [1.54, 1.807) is 20.8 Å². The molecule has 0 aliphatic heterocycles. The highest BCUT2D eigenvalue weighted by molar-refractivity contribution is 5.71. The minimum absolute atomic E-state index is 0.0725. The lowest BCUT2D eigenvalue weighted by molar-refractivity contribution is -0.137. The molecule has 0 rings (SSSR count).